The third kappa shape index (κ3) is 2.35. The Bertz CT molecular complexity index is 845. The van der Waals surface area contributed by atoms with Gasteiger partial charge in [0.25, 0.3) is 0 Å². The number of aliphatic hydroxyl groups excluding tert-OH is 1. The summed E-state index contributed by atoms with van der Waals surface area (Å²) in [5.74, 6) is -0.252. The first-order valence-corrected chi connectivity index (χ1v) is 7.60. The van der Waals surface area contributed by atoms with Gasteiger partial charge in [-0.3, -0.25) is 4.68 Å². The molecule has 1 N–H and O–H groups in total. The Balaban J connectivity index is 1.80. The molecule has 4 rings (SSSR count). The Hall–Kier alpha value is -2.47. The van der Waals surface area contributed by atoms with E-state index in [2.05, 4.69) is 15.0 Å². The molecule has 0 unspecified atom stereocenters. The van der Waals surface area contributed by atoms with Gasteiger partial charge in [0.2, 0.25) is 0 Å². The van der Waals surface area contributed by atoms with Crippen molar-refractivity contribution in [2.24, 2.45) is 7.05 Å². The lowest BCUT2D eigenvalue weighted by molar-refractivity contribution is 0.194. The molecule has 0 amide bonds. The van der Waals surface area contributed by atoms with Crippen molar-refractivity contribution in [3.05, 3.63) is 54.1 Å². The molecule has 23 heavy (non-hydrogen) atoms. The van der Waals surface area contributed by atoms with E-state index in [1.807, 2.05) is 13.1 Å². The lowest BCUT2D eigenvalue weighted by Crippen LogP contribution is -2.24. The molecule has 1 aromatic carbocycles. The lowest BCUT2D eigenvalue weighted by Gasteiger charge is -2.27. The molecule has 3 heterocycles. The quantitative estimate of drug-likeness (QED) is 0.789. The number of hydrogen-bond donors (Lipinski definition) is 1. The van der Waals surface area contributed by atoms with E-state index in [1.54, 1.807) is 29.2 Å². The maximum atomic E-state index is 13.2. The molecular formula is C17H17FN4O. The molecule has 0 radical (unpaired) electrons. The molecule has 0 bridgehead atoms. The Morgan fingerprint density at radius 1 is 1.22 bits per heavy atom. The molecule has 118 valence electrons. The fraction of sp³-hybridized carbons (Fsp3) is 0.294. The van der Waals surface area contributed by atoms with E-state index in [9.17, 15) is 9.50 Å². The van der Waals surface area contributed by atoms with E-state index in [0.717, 1.165) is 22.3 Å². The van der Waals surface area contributed by atoms with Crippen LogP contribution in [0.1, 0.15) is 18.0 Å². The molecule has 1 fully saturated rings. The van der Waals surface area contributed by atoms with E-state index in [0.29, 0.717) is 13.0 Å². The second-order valence-corrected chi connectivity index (χ2v) is 5.94. The zero-order chi connectivity index (χ0) is 16.0. The van der Waals surface area contributed by atoms with E-state index in [4.69, 9.17) is 0 Å². The van der Waals surface area contributed by atoms with E-state index in [-0.39, 0.29) is 11.9 Å². The van der Waals surface area contributed by atoms with Crippen LogP contribution in [0.3, 0.4) is 0 Å². The maximum absolute atomic E-state index is 13.2. The number of β-amino-alcohol motifs (C(OH)–C–C–N with tert-alkyl or cyclic N) is 1. The predicted octanol–water partition coefficient (Wildman–Crippen LogP) is 2.42. The largest absolute Gasteiger partial charge is 0.391 e. The van der Waals surface area contributed by atoms with Crippen molar-refractivity contribution in [1.29, 1.82) is 0 Å². The Kier molecular flexibility index (Phi) is 3.27. The van der Waals surface area contributed by atoms with Crippen LogP contribution in [0.5, 0.6) is 0 Å². The number of aryl methyl sites for hydroxylation is 1. The van der Waals surface area contributed by atoms with E-state index < -0.39 is 6.10 Å². The third-order valence-corrected chi connectivity index (χ3v) is 4.46. The zero-order valence-electron chi connectivity index (χ0n) is 12.7. The van der Waals surface area contributed by atoms with Gasteiger partial charge in [-0.05, 0) is 30.2 Å². The number of nitrogens with zero attached hydrogens (tertiary/aromatic N) is 4. The topological polar surface area (TPSA) is 54.2 Å². The molecule has 1 saturated heterocycles. The number of pyridine rings is 1. The van der Waals surface area contributed by atoms with Crippen molar-refractivity contribution in [1.82, 2.24) is 14.8 Å². The van der Waals surface area contributed by atoms with Crippen LogP contribution in [0.2, 0.25) is 0 Å². The Labute approximate surface area is 133 Å². The average molecular weight is 312 g/mol. The summed E-state index contributed by atoms with van der Waals surface area (Å²) in [6.45, 7) is 0.538. The molecule has 2 aromatic heterocycles. The van der Waals surface area contributed by atoms with Gasteiger partial charge < -0.3 is 10.0 Å². The summed E-state index contributed by atoms with van der Waals surface area (Å²) in [6.07, 6.45) is 3.76. The van der Waals surface area contributed by atoms with Gasteiger partial charge in [-0.1, -0.05) is 12.1 Å². The Morgan fingerprint density at radius 2 is 2.00 bits per heavy atom. The maximum Gasteiger partial charge on any atom is 0.159 e. The van der Waals surface area contributed by atoms with E-state index in [1.165, 1.54) is 12.1 Å². The number of benzene rings is 1. The van der Waals surface area contributed by atoms with Crippen LogP contribution in [0.15, 0.2) is 42.7 Å². The number of anilines is 1. The van der Waals surface area contributed by atoms with Crippen molar-refractivity contribution in [3.63, 3.8) is 0 Å². The molecule has 0 spiro atoms. The van der Waals surface area contributed by atoms with Crippen LogP contribution in [0.25, 0.3) is 11.0 Å². The van der Waals surface area contributed by atoms with E-state index >= 15 is 0 Å². The second kappa shape index (κ2) is 5.31. The smallest absolute Gasteiger partial charge is 0.159 e. The summed E-state index contributed by atoms with van der Waals surface area (Å²) >= 11 is 0. The number of aliphatic hydroxyl groups is 1. The summed E-state index contributed by atoms with van der Waals surface area (Å²) in [5, 5.41) is 15.4. The standard InChI is InChI=1S/C17H17FN4O/c1-21-17-14(9-20-21)15(6-7-19-17)22-10-13(23)8-16(22)11-2-4-12(18)5-3-11/h2-7,9,13,16,23H,8,10H2,1H3/t13-,16+/m1/s1. The van der Waals surface area contributed by atoms with Crippen LogP contribution >= 0.6 is 0 Å². The summed E-state index contributed by atoms with van der Waals surface area (Å²) in [5.41, 5.74) is 2.80. The average Bonchev–Trinajstić information content (AvgIpc) is 3.12. The van der Waals surface area contributed by atoms with Gasteiger partial charge in [-0.2, -0.15) is 5.10 Å². The molecule has 2 atom stereocenters. The number of hydrogen-bond acceptors (Lipinski definition) is 4. The van der Waals surface area contributed by atoms with Gasteiger partial charge in [0.1, 0.15) is 5.82 Å². The molecule has 5 nitrogen and oxygen atoms in total. The second-order valence-electron chi connectivity index (χ2n) is 5.94. The van der Waals surface area contributed by atoms with Crippen molar-refractivity contribution in [2.75, 3.05) is 11.4 Å². The van der Waals surface area contributed by atoms with Crippen LogP contribution in [-0.4, -0.2) is 32.5 Å². The first-order valence-electron chi connectivity index (χ1n) is 7.60. The van der Waals surface area contributed by atoms with Crippen molar-refractivity contribution in [3.8, 4) is 0 Å². The first kappa shape index (κ1) is 14.1. The number of fused-ring (bicyclic) bond motifs is 1. The highest BCUT2D eigenvalue weighted by molar-refractivity contribution is 5.89. The van der Waals surface area contributed by atoms with Gasteiger partial charge >= 0.3 is 0 Å². The number of rotatable bonds is 2. The third-order valence-electron chi connectivity index (χ3n) is 4.46. The monoisotopic (exact) mass is 312 g/mol. The molecule has 0 aliphatic carbocycles. The van der Waals surface area contributed by atoms with Crippen molar-refractivity contribution < 1.29 is 9.50 Å². The van der Waals surface area contributed by atoms with Gasteiger partial charge in [0.15, 0.2) is 5.65 Å². The highest BCUT2D eigenvalue weighted by Gasteiger charge is 2.33. The normalized spacial score (nSPS) is 21.3. The first-order chi connectivity index (χ1) is 11.1. The minimum Gasteiger partial charge on any atom is -0.391 e. The minimum absolute atomic E-state index is 0.0106. The molecule has 6 heteroatoms. The van der Waals surface area contributed by atoms with Crippen molar-refractivity contribution in [2.45, 2.75) is 18.6 Å². The summed E-state index contributed by atoms with van der Waals surface area (Å²) in [6, 6.07) is 8.45. The summed E-state index contributed by atoms with van der Waals surface area (Å²) in [7, 11) is 1.86. The highest BCUT2D eigenvalue weighted by Crippen LogP contribution is 2.38. The van der Waals surface area contributed by atoms with Crippen LogP contribution in [0, 0.1) is 5.82 Å². The van der Waals surface area contributed by atoms with Gasteiger partial charge in [0, 0.05) is 19.8 Å². The van der Waals surface area contributed by atoms with Crippen molar-refractivity contribution >= 4 is 16.7 Å². The summed E-state index contributed by atoms with van der Waals surface area (Å²) < 4.78 is 14.9. The van der Waals surface area contributed by atoms with Gasteiger partial charge in [0.05, 0.1) is 29.4 Å². The summed E-state index contributed by atoms with van der Waals surface area (Å²) in [4.78, 5) is 6.52. The molecule has 3 aromatic rings. The van der Waals surface area contributed by atoms with Gasteiger partial charge in [-0.25, -0.2) is 9.37 Å². The zero-order valence-corrected chi connectivity index (χ0v) is 12.7. The fourth-order valence-electron chi connectivity index (χ4n) is 3.36. The minimum atomic E-state index is -0.412. The predicted molar refractivity (Wildman–Crippen MR) is 85.6 cm³/mol. The fourth-order valence-corrected chi connectivity index (χ4v) is 3.36. The lowest BCUT2D eigenvalue weighted by atomic mass is 10.0. The SMILES string of the molecule is Cn1ncc2c(N3C[C@H](O)C[C@H]3c3ccc(F)cc3)ccnc21. The Morgan fingerprint density at radius 3 is 2.78 bits per heavy atom. The molecule has 0 saturated carbocycles. The molecule has 1 aliphatic heterocycles. The molecular weight excluding hydrogens is 295 g/mol. The number of aromatic nitrogens is 3. The molecule has 1 aliphatic rings. The number of halogens is 1. The van der Waals surface area contributed by atoms with Gasteiger partial charge in [-0.15, -0.1) is 0 Å². The van der Waals surface area contributed by atoms with Crippen LogP contribution in [0.4, 0.5) is 10.1 Å². The van der Waals surface area contributed by atoms with Crippen LogP contribution in [-0.2, 0) is 7.05 Å². The van der Waals surface area contributed by atoms with Crippen LogP contribution < -0.4 is 4.90 Å². The highest BCUT2D eigenvalue weighted by atomic mass is 19.1.